The van der Waals surface area contributed by atoms with Crippen LogP contribution in [0.3, 0.4) is 0 Å². The molecule has 1 atom stereocenters. The van der Waals surface area contributed by atoms with Gasteiger partial charge < -0.3 is 10.2 Å². The van der Waals surface area contributed by atoms with Crippen molar-refractivity contribution in [2.45, 2.75) is 18.9 Å². The van der Waals surface area contributed by atoms with Gasteiger partial charge in [-0.3, -0.25) is 9.59 Å². The van der Waals surface area contributed by atoms with Crippen molar-refractivity contribution in [2.24, 2.45) is 0 Å². The SMILES string of the molecule is O=C(Cc1ccc(-c2ccccc2)cc1)N[C@H]1CC(=O)N(c2ccc(F)cc2)C1. The number of hydrogen-bond acceptors (Lipinski definition) is 2. The Balaban J connectivity index is 1.34. The molecule has 29 heavy (non-hydrogen) atoms. The Bertz CT molecular complexity index is 1000. The van der Waals surface area contributed by atoms with Crippen molar-refractivity contribution < 1.29 is 14.0 Å². The van der Waals surface area contributed by atoms with Crippen LogP contribution < -0.4 is 10.2 Å². The highest BCUT2D eigenvalue weighted by molar-refractivity contribution is 5.96. The number of nitrogens with zero attached hydrogens (tertiary/aromatic N) is 1. The monoisotopic (exact) mass is 388 g/mol. The van der Waals surface area contributed by atoms with E-state index in [4.69, 9.17) is 0 Å². The van der Waals surface area contributed by atoms with Gasteiger partial charge in [-0.15, -0.1) is 0 Å². The lowest BCUT2D eigenvalue weighted by Gasteiger charge is -2.17. The number of nitrogens with one attached hydrogen (secondary N) is 1. The van der Waals surface area contributed by atoms with Crippen LogP contribution >= 0.6 is 0 Å². The molecule has 1 N–H and O–H groups in total. The Morgan fingerprint density at radius 2 is 1.59 bits per heavy atom. The van der Waals surface area contributed by atoms with Crippen molar-refractivity contribution in [2.75, 3.05) is 11.4 Å². The molecule has 4 rings (SSSR count). The molecule has 4 nitrogen and oxygen atoms in total. The fourth-order valence-electron chi connectivity index (χ4n) is 3.58. The standard InChI is InChI=1S/C24H21FN2O2/c25-20-10-12-22(13-11-20)27-16-21(15-24(27)29)26-23(28)14-17-6-8-19(9-7-17)18-4-2-1-3-5-18/h1-13,21H,14-16H2,(H,26,28)/t21-/m0/s1. The number of anilines is 1. The lowest BCUT2D eigenvalue weighted by atomic mass is 10.0. The largest absolute Gasteiger partial charge is 0.351 e. The Hall–Kier alpha value is -3.47. The van der Waals surface area contributed by atoms with Gasteiger partial charge >= 0.3 is 0 Å². The van der Waals surface area contributed by atoms with Gasteiger partial charge in [0.1, 0.15) is 5.82 Å². The predicted molar refractivity (Wildman–Crippen MR) is 111 cm³/mol. The molecule has 0 spiro atoms. The van der Waals surface area contributed by atoms with Gasteiger partial charge in [0.2, 0.25) is 11.8 Å². The third-order valence-electron chi connectivity index (χ3n) is 5.05. The van der Waals surface area contributed by atoms with Gasteiger partial charge in [-0.25, -0.2) is 4.39 Å². The number of carbonyl (C=O) groups is 2. The molecule has 3 aromatic rings. The summed E-state index contributed by atoms with van der Waals surface area (Å²) in [6.45, 7) is 0.392. The van der Waals surface area contributed by atoms with E-state index in [0.29, 0.717) is 12.2 Å². The summed E-state index contributed by atoms with van der Waals surface area (Å²) in [6.07, 6.45) is 0.506. The molecule has 0 aromatic heterocycles. The zero-order valence-corrected chi connectivity index (χ0v) is 15.8. The Labute approximate surface area is 169 Å². The van der Waals surface area contributed by atoms with E-state index in [9.17, 15) is 14.0 Å². The minimum atomic E-state index is -0.344. The van der Waals surface area contributed by atoms with Gasteiger partial charge in [0.15, 0.2) is 0 Å². The van der Waals surface area contributed by atoms with Crippen LogP contribution in [-0.4, -0.2) is 24.4 Å². The van der Waals surface area contributed by atoms with Gasteiger partial charge in [-0.05, 0) is 41.0 Å². The topological polar surface area (TPSA) is 49.4 Å². The molecule has 5 heteroatoms. The van der Waals surface area contributed by atoms with E-state index in [1.807, 2.05) is 54.6 Å². The minimum Gasteiger partial charge on any atom is -0.351 e. The maximum absolute atomic E-state index is 13.1. The lowest BCUT2D eigenvalue weighted by Crippen LogP contribution is -2.38. The third-order valence-corrected chi connectivity index (χ3v) is 5.05. The van der Waals surface area contributed by atoms with Crippen LogP contribution in [0.2, 0.25) is 0 Å². The summed E-state index contributed by atoms with van der Waals surface area (Å²) in [5.41, 5.74) is 3.80. The second-order valence-corrected chi connectivity index (χ2v) is 7.19. The normalized spacial score (nSPS) is 16.1. The molecule has 1 aliphatic heterocycles. The average molecular weight is 388 g/mol. The molecular weight excluding hydrogens is 367 g/mol. The summed E-state index contributed by atoms with van der Waals surface area (Å²) in [5, 5.41) is 2.94. The highest BCUT2D eigenvalue weighted by Crippen LogP contribution is 2.22. The first kappa shape index (κ1) is 18.9. The van der Waals surface area contributed by atoms with Crippen molar-refractivity contribution >= 4 is 17.5 Å². The number of hydrogen-bond donors (Lipinski definition) is 1. The van der Waals surface area contributed by atoms with Crippen LogP contribution in [0.1, 0.15) is 12.0 Å². The van der Waals surface area contributed by atoms with Gasteiger partial charge in [0.25, 0.3) is 0 Å². The summed E-state index contributed by atoms with van der Waals surface area (Å²) in [7, 11) is 0. The predicted octanol–water partition coefficient (Wildman–Crippen LogP) is 3.96. The minimum absolute atomic E-state index is 0.0749. The van der Waals surface area contributed by atoms with Crippen molar-refractivity contribution in [3.63, 3.8) is 0 Å². The molecule has 1 saturated heterocycles. The molecule has 3 aromatic carbocycles. The number of halogens is 1. The zero-order valence-electron chi connectivity index (χ0n) is 15.8. The van der Waals surface area contributed by atoms with E-state index in [2.05, 4.69) is 5.32 Å². The number of rotatable bonds is 5. The molecule has 0 aliphatic carbocycles. The van der Waals surface area contributed by atoms with E-state index in [1.54, 1.807) is 17.0 Å². The number of benzene rings is 3. The quantitative estimate of drug-likeness (QED) is 0.719. The molecule has 1 fully saturated rings. The summed E-state index contributed by atoms with van der Waals surface area (Å²) < 4.78 is 13.1. The first-order valence-corrected chi connectivity index (χ1v) is 9.58. The van der Waals surface area contributed by atoms with E-state index in [-0.39, 0.29) is 36.5 Å². The molecule has 0 bridgehead atoms. The van der Waals surface area contributed by atoms with Crippen LogP contribution in [0, 0.1) is 5.82 Å². The Morgan fingerprint density at radius 1 is 0.931 bits per heavy atom. The Kier molecular flexibility index (Phi) is 5.38. The Morgan fingerprint density at radius 3 is 2.28 bits per heavy atom. The third kappa shape index (κ3) is 4.51. The van der Waals surface area contributed by atoms with Gasteiger partial charge in [0, 0.05) is 18.7 Å². The maximum atomic E-state index is 13.1. The fraction of sp³-hybridized carbons (Fsp3) is 0.167. The number of amides is 2. The highest BCUT2D eigenvalue weighted by Gasteiger charge is 2.31. The van der Waals surface area contributed by atoms with Crippen molar-refractivity contribution in [3.05, 3.63) is 90.2 Å². The zero-order chi connectivity index (χ0) is 20.2. The van der Waals surface area contributed by atoms with Gasteiger partial charge in [-0.1, -0.05) is 54.6 Å². The number of carbonyl (C=O) groups excluding carboxylic acids is 2. The van der Waals surface area contributed by atoms with E-state index >= 15 is 0 Å². The summed E-state index contributed by atoms with van der Waals surface area (Å²) in [4.78, 5) is 26.3. The average Bonchev–Trinajstić information content (AvgIpc) is 3.09. The molecule has 0 unspecified atom stereocenters. The van der Waals surface area contributed by atoms with E-state index in [0.717, 1.165) is 16.7 Å². The van der Waals surface area contributed by atoms with Crippen molar-refractivity contribution in [3.8, 4) is 11.1 Å². The van der Waals surface area contributed by atoms with Crippen molar-refractivity contribution in [1.82, 2.24) is 5.32 Å². The molecule has 146 valence electrons. The summed E-state index contributed by atoms with van der Waals surface area (Å²) >= 11 is 0. The first-order chi connectivity index (χ1) is 14.1. The summed E-state index contributed by atoms with van der Waals surface area (Å²) in [6, 6.07) is 23.5. The first-order valence-electron chi connectivity index (χ1n) is 9.58. The second kappa shape index (κ2) is 8.27. The van der Waals surface area contributed by atoms with Crippen LogP contribution in [0.15, 0.2) is 78.9 Å². The molecule has 1 aliphatic rings. The van der Waals surface area contributed by atoms with Gasteiger partial charge in [-0.2, -0.15) is 0 Å². The molecular formula is C24H21FN2O2. The highest BCUT2D eigenvalue weighted by atomic mass is 19.1. The molecule has 1 heterocycles. The van der Waals surface area contributed by atoms with E-state index < -0.39 is 0 Å². The lowest BCUT2D eigenvalue weighted by molar-refractivity contribution is -0.121. The van der Waals surface area contributed by atoms with Gasteiger partial charge in [0.05, 0.1) is 12.5 Å². The van der Waals surface area contributed by atoms with Crippen molar-refractivity contribution in [1.29, 1.82) is 0 Å². The van der Waals surface area contributed by atoms with Crippen LogP contribution in [-0.2, 0) is 16.0 Å². The van der Waals surface area contributed by atoms with E-state index in [1.165, 1.54) is 12.1 Å². The maximum Gasteiger partial charge on any atom is 0.229 e. The summed E-state index contributed by atoms with van der Waals surface area (Å²) in [5.74, 6) is -0.533. The van der Waals surface area contributed by atoms with Crippen LogP contribution in [0.4, 0.5) is 10.1 Å². The smallest absolute Gasteiger partial charge is 0.229 e. The van der Waals surface area contributed by atoms with Crippen LogP contribution in [0.25, 0.3) is 11.1 Å². The molecule has 0 radical (unpaired) electrons. The molecule has 2 amide bonds. The van der Waals surface area contributed by atoms with Crippen LogP contribution in [0.5, 0.6) is 0 Å². The second-order valence-electron chi connectivity index (χ2n) is 7.19. The molecule has 0 saturated carbocycles. The fourth-order valence-corrected chi connectivity index (χ4v) is 3.58.